The molecule has 1 aliphatic rings. The summed E-state index contributed by atoms with van der Waals surface area (Å²) >= 11 is 1.81. The van der Waals surface area contributed by atoms with Gasteiger partial charge in [0.15, 0.2) is 0 Å². The minimum Gasteiger partial charge on any atom is -0.338 e. The first kappa shape index (κ1) is 17.0. The Morgan fingerprint density at radius 2 is 2.12 bits per heavy atom. The maximum absolute atomic E-state index is 12.3. The Morgan fingerprint density at radius 3 is 2.88 bits per heavy atom. The molecular formula is C19H25N3OS. The van der Waals surface area contributed by atoms with Gasteiger partial charge in [0.25, 0.3) is 0 Å². The Bertz CT molecular complexity index is 699. The SMILES string of the molecule is Cc1ccc(C)c(NC(=O)NC[C@H]2CN(C)C[C@H]2c2cccs2)c1. The molecule has 24 heavy (non-hydrogen) atoms. The molecule has 0 aliphatic carbocycles. The number of urea groups is 1. The van der Waals surface area contributed by atoms with E-state index in [1.807, 2.05) is 37.3 Å². The number of carbonyl (C=O) groups is 1. The number of nitrogens with zero attached hydrogens (tertiary/aromatic N) is 1. The Kier molecular flexibility index (Phi) is 5.21. The molecular weight excluding hydrogens is 318 g/mol. The molecule has 0 unspecified atom stereocenters. The highest BCUT2D eigenvalue weighted by Gasteiger charge is 2.32. The number of aryl methyl sites for hydroxylation is 2. The molecule has 0 bridgehead atoms. The summed E-state index contributed by atoms with van der Waals surface area (Å²) in [4.78, 5) is 16.0. The van der Waals surface area contributed by atoms with E-state index in [2.05, 4.69) is 46.2 Å². The molecule has 2 heterocycles. The van der Waals surface area contributed by atoms with Crippen LogP contribution in [-0.4, -0.2) is 37.6 Å². The summed E-state index contributed by atoms with van der Waals surface area (Å²) in [5, 5.41) is 8.17. The summed E-state index contributed by atoms with van der Waals surface area (Å²) in [6.07, 6.45) is 0. The molecule has 4 nitrogen and oxygen atoms in total. The highest BCUT2D eigenvalue weighted by Crippen LogP contribution is 2.34. The minimum absolute atomic E-state index is 0.122. The third kappa shape index (κ3) is 3.97. The average molecular weight is 343 g/mol. The van der Waals surface area contributed by atoms with Gasteiger partial charge in [-0.05, 0) is 55.5 Å². The molecule has 2 atom stereocenters. The van der Waals surface area contributed by atoms with Crippen molar-refractivity contribution in [3.63, 3.8) is 0 Å². The molecule has 5 heteroatoms. The van der Waals surface area contributed by atoms with Crippen LogP contribution in [0.2, 0.25) is 0 Å². The molecule has 0 spiro atoms. The average Bonchev–Trinajstić information content (AvgIpc) is 3.18. The number of amides is 2. The fourth-order valence-electron chi connectivity index (χ4n) is 3.38. The van der Waals surface area contributed by atoms with E-state index in [9.17, 15) is 4.79 Å². The number of hydrogen-bond donors (Lipinski definition) is 2. The quantitative estimate of drug-likeness (QED) is 0.886. The van der Waals surface area contributed by atoms with Crippen LogP contribution in [0.3, 0.4) is 0 Å². The molecule has 1 aliphatic heterocycles. The lowest BCUT2D eigenvalue weighted by molar-refractivity contribution is 0.249. The fourth-order valence-corrected chi connectivity index (χ4v) is 4.29. The predicted molar refractivity (Wildman–Crippen MR) is 101 cm³/mol. The molecule has 1 fully saturated rings. The fraction of sp³-hybridized carbons (Fsp3) is 0.421. The number of thiophene rings is 1. The smallest absolute Gasteiger partial charge is 0.319 e. The van der Waals surface area contributed by atoms with Gasteiger partial charge >= 0.3 is 6.03 Å². The van der Waals surface area contributed by atoms with E-state index in [-0.39, 0.29) is 6.03 Å². The van der Waals surface area contributed by atoms with Crippen molar-refractivity contribution >= 4 is 23.1 Å². The van der Waals surface area contributed by atoms with Crippen molar-refractivity contribution < 1.29 is 4.79 Å². The van der Waals surface area contributed by atoms with Crippen molar-refractivity contribution in [3.8, 4) is 0 Å². The van der Waals surface area contributed by atoms with Crippen LogP contribution in [0, 0.1) is 19.8 Å². The Hall–Kier alpha value is -1.85. The van der Waals surface area contributed by atoms with Crippen LogP contribution in [0.15, 0.2) is 35.7 Å². The largest absolute Gasteiger partial charge is 0.338 e. The van der Waals surface area contributed by atoms with Crippen molar-refractivity contribution in [3.05, 3.63) is 51.7 Å². The van der Waals surface area contributed by atoms with Crippen LogP contribution in [0.5, 0.6) is 0 Å². The van der Waals surface area contributed by atoms with Gasteiger partial charge in [-0.3, -0.25) is 0 Å². The van der Waals surface area contributed by atoms with Crippen LogP contribution in [0.25, 0.3) is 0 Å². The summed E-state index contributed by atoms with van der Waals surface area (Å²) in [5.74, 6) is 0.967. The number of likely N-dealkylation sites (N-methyl/N-ethyl adjacent to an activating group) is 1. The van der Waals surface area contributed by atoms with E-state index in [0.29, 0.717) is 18.4 Å². The highest BCUT2D eigenvalue weighted by atomic mass is 32.1. The second-order valence-electron chi connectivity index (χ2n) is 6.76. The number of benzene rings is 1. The lowest BCUT2D eigenvalue weighted by Gasteiger charge is -2.18. The lowest BCUT2D eigenvalue weighted by atomic mass is 9.94. The number of nitrogens with one attached hydrogen (secondary N) is 2. The predicted octanol–water partition coefficient (Wildman–Crippen LogP) is 3.83. The molecule has 1 aromatic carbocycles. The van der Waals surface area contributed by atoms with Crippen molar-refractivity contribution in [1.82, 2.24) is 10.2 Å². The summed E-state index contributed by atoms with van der Waals surface area (Å²) in [5.41, 5.74) is 3.10. The molecule has 2 N–H and O–H groups in total. The van der Waals surface area contributed by atoms with Crippen LogP contribution in [-0.2, 0) is 0 Å². The molecule has 2 aromatic rings. The minimum atomic E-state index is -0.122. The van der Waals surface area contributed by atoms with Crippen molar-refractivity contribution in [1.29, 1.82) is 0 Å². The van der Waals surface area contributed by atoms with Gasteiger partial charge in [0, 0.05) is 36.1 Å². The van der Waals surface area contributed by atoms with E-state index in [4.69, 9.17) is 0 Å². The van der Waals surface area contributed by atoms with Crippen molar-refractivity contribution in [2.45, 2.75) is 19.8 Å². The van der Waals surface area contributed by atoms with Gasteiger partial charge in [-0.15, -0.1) is 11.3 Å². The van der Waals surface area contributed by atoms with Gasteiger partial charge in [0.1, 0.15) is 0 Å². The molecule has 0 radical (unpaired) electrons. The number of carbonyl (C=O) groups excluding carboxylic acids is 1. The van der Waals surface area contributed by atoms with E-state index in [0.717, 1.165) is 29.9 Å². The van der Waals surface area contributed by atoms with Crippen molar-refractivity contribution in [2.24, 2.45) is 5.92 Å². The van der Waals surface area contributed by atoms with Gasteiger partial charge in [0.05, 0.1) is 0 Å². The normalized spacial score (nSPS) is 21.0. The van der Waals surface area contributed by atoms with Gasteiger partial charge in [-0.1, -0.05) is 18.2 Å². The summed E-state index contributed by atoms with van der Waals surface area (Å²) < 4.78 is 0. The number of likely N-dealkylation sites (tertiary alicyclic amines) is 1. The van der Waals surface area contributed by atoms with Crippen LogP contribution >= 0.6 is 11.3 Å². The first-order valence-corrected chi connectivity index (χ1v) is 9.25. The van der Waals surface area contributed by atoms with Crippen molar-refractivity contribution in [2.75, 3.05) is 32.0 Å². The first-order valence-electron chi connectivity index (χ1n) is 8.37. The summed E-state index contributed by atoms with van der Waals surface area (Å²) in [7, 11) is 2.15. The molecule has 0 saturated carbocycles. The monoisotopic (exact) mass is 343 g/mol. The summed E-state index contributed by atoms with van der Waals surface area (Å²) in [6.45, 7) is 6.82. The van der Waals surface area contributed by atoms with Gasteiger partial charge in [-0.2, -0.15) is 0 Å². The molecule has 1 saturated heterocycles. The Balaban J connectivity index is 1.58. The molecule has 1 aromatic heterocycles. The number of anilines is 1. The third-order valence-corrected chi connectivity index (χ3v) is 5.70. The van der Waals surface area contributed by atoms with Crippen LogP contribution in [0.4, 0.5) is 10.5 Å². The zero-order valence-electron chi connectivity index (χ0n) is 14.5. The van der Waals surface area contributed by atoms with Crippen LogP contribution in [0.1, 0.15) is 21.9 Å². The molecule has 128 valence electrons. The van der Waals surface area contributed by atoms with Crippen LogP contribution < -0.4 is 10.6 Å². The Labute approximate surface area is 147 Å². The zero-order chi connectivity index (χ0) is 17.1. The van der Waals surface area contributed by atoms with Gasteiger partial charge in [0.2, 0.25) is 0 Å². The van der Waals surface area contributed by atoms with E-state index < -0.39 is 0 Å². The second kappa shape index (κ2) is 7.36. The maximum Gasteiger partial charge on any atom is 0.319 e. The van der Waals surface area contributed by atoms with E-state index in [1.54, 1.807) is 0 Å². The lowest BCUT2D eigenvalue weighted by Crippen LogP contribution is -2.35. The summed E-state index contributed by atoms with van der Waals surface area (Å²) in [6, 6.07) is 10.3. The topological polar surface area (TPSA) is 44.4 Å². The first-order chi connectivity index (χ1) is 11.5. The second-order valence-corrected chi connectivity index (χ2v) is 7.74. The van der Waals surface area contributed by atoms with E-state index >= 15 is 0 Å². The molecule has 3 rings (SSSR count). The van der Waals surface area contributed by atoms with Gasteiger partial charge in [-0.25, -0.2) is 4.79 Å². The number of rotatable bonds is 4. The Morgan fingerprint density at radius 1 is 1.29 bits per heavy atom. The third-order valence-electron chi connectivity index (χ3n) is 4.70. The standard InChI is InChI=1S/C19H25N3OS/c1-13-6-7-14(2)17(9-13)21-19(23)20-10-15-11-22(3)12-16(15)18-5-4-8-24-18/h4-9,15-16H,10-12H2,1-3H3,(H2,20,21,23)/t15-,16+/m0/s1. The van der Waals surface area contributed by atoms with Gasteiger partial charge < -0.3 is 15.5 Å². The zero-order valence-corrected chi connectivity index (χ0v) is 15.3. The number of hydrogen-bond acceptors (Lipinski definition) is 3. The van der Waals surface area contributed by atoms with E-state index in [1.165, 1.54) is 4.88 Å². The molecule has 2 amide bonds. The maximum atomic E-state index is 12.3. The highest BCUT2D eigenvalue weighted by molar-refractivity contribution is 7.10.